The molecule has 1 rings (SSSR count). The van der Waals surface area contributed by atoms with Crippen molar-refractivity contribution in [3.8, 4) is 5.75 Å². The van der Waals surface area contributed by atoms with E-state index in [4.69, 9.17) is 16.6 Å². The Kier molecular flexibility index (Phi) is 7.55. The van der Waals surface area contributed by atoms with Gasteiger partial charge in [-0.1, -0.05) is 12.1 Å². The zero-order valence-corrected chi connectivity index (χ0v) is 11.8. The van der Waals surface area contributed by atoms with Crippen molar-refractivity contribution in [1.82, 2.24) is 0 Å². The highest BCUT2D eigenvalue weighted by Crippen LogP contribution is 2.13. The summed E-state index contributed by atoms with van der Waals surface area (Å²) in [6, 6.07) is 7.14. The molecule has 0 heterocycles. The zero-order valence-electron chi connectivity index (χ0n) is 9.67. The van der Waals surface area contributed by atoms with Crippen molar-refractivity contribution >= 4 is 25.3 Å². The summed E-state index contributed by atoms with van der Waals surface area (Å²) in [7, 11) is 1.43. The van der Waals surface area contributed by atoms with E-state index in [0.717, 1.165) is 5.56 Å². The summed E-state index contributed by atoms with van der Waals surface area (Å²) >= 11 is -0.462. The molecule has 0 bridgehead atoms. The second-order valence-corrected chi connectivity index (χ2v) is 4.74. The summed E-state index contributed by atoms with van der Waals surface area (Å²) in [4.78, 5) is 13.3. The van der Waals surface area contributed by atoms with Crippen LogP contribution in [0.1, 0.15) is 5.56 Å². The largest absolute Gasteiger partial charge is 0.432 e. The number of quaternary nitrogens is 1. The Bertz CT molecular complexity index is 396. The van der Waals surface area contributed by atoms with Crippen LogP contribution in [0.3, 0.4) is 0 Å². The topological polar surface area (TPSA) is 107 Å². The van der Waals surface area contributed by atoms with E-state index in [1.807, 2.05) is 12.1 Å². The van der Waals surface area contributed by atoms with Crippen LogP contribution >= 0.6 is 21.0 Å². The van der Waals surface area contributed by atoms with Crippen LogP contribution in [0.4, 0.5) is 0 Å². The molecule has 0 spiro atoms. The number of nitrogens with zero attached hydrogens (tertiary/aromatic N) is 2. The van der Waals surface area contributed by atoms with Crippen LogP contribution in [0.2, 0.25) is 0 Å². The average molecular weight is 367 g/mol. The van der Waals surface area contributed by atoms with Crippen LogP contribution < -0.4 is 15.9 Å². The molecule has 0 aromatic heterocycles. The molecule has 0 aliphatic carbocycles. The molecule has 4 N–H and O–H groups in total. The molecule has 0 saturated carbocycles. The van der Waals surface area contributed by atoms with Crippen molar-refractivity contribution in [3.05, 3.63) is 35.7 Å². The Morgan fingerprint density at radius 3 is 2.78 bits per heavy atom. The first-order valence-electron chi connectivity index (χ1n) is 4.89. The standard InChI is InChI=1S/C9H14IN5O3/c1-15(12)17-18-16-9-4-2-8(3-5-9)6-13-7-10-14-11/h2-5,7,12,15H,6,11H2,1H3. The number of aliphatic imine (C=N–C) groups is 1. The monoisotopic (exact) mass is 367 g/mol. The van der Waals surface area contributed by atoms with Crippen LogP contribution in [0.25, 0.3) is 5.84 Å². The van der Waals surface area contributed by atoms with Crippen molar-refractivity contribution in [2.24, 2.45) is 14.1 Å². The fraction of sp³-hybridized carbons (Fsp3) is 0.222. The van der Waals surface area contributed by atoms with E-state index in [0.29, 0.717) is 12.3 Å². The van der Waals surface area contributed by atoms with Gasteiger partial charge in [0.15, 0.2) is 5.75 Å². The average Bonchev–Trinajstić information content (AvgIpc) is 2.36. The third kappa shape index (κ3) is 6.68. The predicted molar refractivity (Wildman–Crippen MR) is 73.3 cm³/mol. The molecular formula is C9H14IN5O3. The number of hydrogen-bond donors (Lipinski definition) is 2. The first-order valence-corrected chi connectivity index (χ1v) is 7.10. The molecule has 9 heteroatoms. The second-order valence-electron chi connectivity index (χ2n) is 3.07. The lowest BCUT2D eigenvalue weighted by molar-refractivity contribution is -1.11. The highest BCUT2D eigenvalue weighted by molar-refractivity contribution is 14.2. The summed E-state index contributed by atoms with van der Waals surface area (Å²) in [6.45, 7) is 0.576. The van der Waals surface area contributed by atoms with Gasteiger partial charge in [0.05, 0.1) is 38.8 Å². The van der Waals surface area contributed by atoms with Gasteiger partial charge in [-0.05, 0) is 22.7 Å². The van der Waals surface area contributed by atoms with Gasteiger partial charge < -0.3 is 10.7 Å². The minimum atomic E-state index is -0.462. The lowest BCUT2D eigenvalue weighted by Gasteiger charge is -2.09. The van der Waals surface area contributed by atoms with Crippen molar-refractivity contribution in [2.75, 3.05) is 7.05 Å². The molecule has 1 atom stereocenters. The van der Waals surface area contributed by atoms with Crippen LogP contribution in [0.5, 0.6) is 5.75 Å². The number of halogens is 1. The van der Waals surface area contributed by atoms with E-state index < -0.39 is 21.0 Å². The quantitative estimate of drug-likeness (QED) is 0.245. The molecule has 0 amide bonds. The number of hydrogen-bond acceptors (Lipinski definition) is 6. The molecule has 100 valence electrons. The van der Waals surface area contributed by atoms with Gasteiger partial charge in [0.1, 0.15) is 0 Å². The third-order valence-electron chi connectivity index (χ3n) is 1.66. The van der Waals surface area contributed by atoms with Gasteiger partial charge >= 0.3 is 0 Å². The lowest BCUT2D eigenvalue weighted by atomic mass is 10.2. The Morgan fingerprint density at radius 2 is 2.17 bits per heavy atom. The van der Waals surface area contributed by atoms with Crippen LogP contribution in [0, 0.1) is 0 Å². The van der Waals surface area contributed by atoms with Crippen molar-refractivity contribution < 1.29 is 20.1 Å². The fourth-order valence-corrected chi connectivity index (χ4v) is 1.47. The summed E-state index contributed by atoms with van der Waals surface area (Å²) < 4.78 is 5.28. The maximum Gasteiger partial charge on any atom is 0.168 e. The Labute approximate surface area is 114 Å². The van der Waals surface area contributed by atoms with Crippen molar-refractivity contribution in [1.29, 1.82) is 0 Å². The first kappa shape index (κ1) is 15.1. The smallest absolute Gasteiger partial charge is 0.168 e. The van der Waals surface area contributed by atoms with Gasteiger partial charge in [0.2, 0.25) is 0 Å². The number of nitrogens with two attached hydrogens (primary N) is 1. The summed E-state index contributed by atoms with van der Waals surface area (Å²) in [6.07, 6.45) is 0. The van der Waals surface area contributed by atoms with E-state index in [-0.39, 0.29) is 5.17 Å². The molecule has 0 saturated heterocycles. The van der Waals surface area contributed by atoms with Crippen molar-refractivity contribution in [3.63, 3.8) is 0 Å². The molecule has 1 aromatic rings. The van der Waals surface area contributed by atoms with Gasteiger partial charge in [-0.25, -0.2) is 11.0 Å². The Hall–Kier alpha value is -0.980. The predicted octanol–water partition coefficient (Wildman–Crippen LogP) is 0.882. The van der Waals surface area contributed by atoms with E-state index in [1.54, 1.807) is 16.4 Å². The number of benzene rings is 1. The van der Waals surface area contributed by atoms with Crippen LogP contribution in [0.15, 0.2) is 32.5 Å². The van der Waals surface area contributed by atoms with Crippen LogP contribution in [-0.2, 0) is 16.6 Å². The number of nitrogens with one attached hydrogen (secondary N) is 2. The number of hydroxylamine groups is 1. The lowest BCUT2D eigenvalue weighted by Crippen LogP contribution is -3.00. The Morgan fingerprint density at radius 1 is 1.44 bits per heavy atom. The SMILES string of the molecule is C[NH+]([NH-])OOOc1ccc(CN=CI=NN)cc1. The van der Waals surface area contributed by atoms with Crippen LogP contribution in [-0.4, -0.2) is 11.3 Å². The van der Waals surface area contributed by atoms with E-state index in [9.17, 15) is 0 Å². The third-order valence-corrected chi connectivity index (χ3v) is 2.62. The maximum atomic E-state index is 6.95. The molecule has 0 aliphatic rings. The first-order chi connectivity index (χ1) is 8.72. The zero-order chi connectivity index (χ0) is 13.2. The van der Waals surface area contributed by atoms with Gasteiger partial charge in [-0.15, -0.1) is 0 Å². The summed E-state index contributed by atoms with van der Waals surface area (Å²) in [5.74, 6) is 12.4. The van der Waals surface area contributed by atoms with E-state index >= 15 is 0 Å². The highest BCUT2D eigenvalue weighted by Gasteiger charge is 1.97. The van der Waals surface area contributed by atoms with E-state index in [2.05, 4.69) is 18.3 Å². The molecule has 0 aliphatic heterocycles. The molecule has 8 nitrogen and oxygen atoms in total. The normalized spacial score (nSPS) is 13.7. The van der Waals surface area contributed by atoms with Crippen molar-refractivity contribution in [2.45, 2.75) is 6.54 Å². The number of rotatable bonds is 7. The highest BCUT2D eigenvalue weighted by atomic mass is 127. The minimum Gasteiger partial charge on any atom is -0.432 e. The molecule has 1 aromatic carbocycles. The van der Waals surface area contributed by atoms with Gasteiger partial charge in [0, 0.05) is 5.04 Å². The summed E-state index contributed by atoms with van der Waals surface area (Å²) in [5.41, 5.74) is 1.03. The maximum absolute atomic E-state index is 6.95. The van der Waals surface area contributed by atoms with Gasteiger partial charge in [0.25, 0.3) is 0 Å². The van der Waals surface area contributed by atoms with E-state index in [1.165, 1.54) is 7.05 Å². The molecular weight excluding hydrogens is 353 g/mol. The molecule has 18 heavy (non-hydrogen) atoms. The fourth-order valence-electron chi connectivity index (χ4n) is 0.954. The summed E-state index contributed by atoms with van der Waals surface area (Å²) in [5, 5.41) is 4.27. The molecule has 0 fully saturated rings. The second kappa shape index (κ2) is 9.02. The van der Waals surface area contributed by atoms with Gasteiger partial charge in [-0.3, -0.25) is 4.99 Å². The molecule has 1 unspecified atom stereocenters. The minimum absolute atomic E-state index is 0.0884. The van der Waals surface area contributed by atoms with Gasteiger partial charge in [-0.2, -0.15) is 3.25 Å². The Balaban J connectivity index is 2.37. The molecule has 0 radical (unpaired) electrons.